The first-order chi connectivity index (χ1) is 14.1. The highest BCUT2D eigenvalue weighted by atomic mass is 16.5. The standard InChI is InChI=1S/C21H32N4O4/c1-16(15-28-2)23-20(26)14-24-7-5-17(6-8-24)19-4-3-18(13-22-19)21(27)25-9-11-29-12-10-25/h3-4,13,16-17H,5-12,14-15H2,1-2H3,(H,23,26)/t16-/m1/s1. The van der Waals surface area contributed by atoms with Crippen LogP contribution in [0.1, 0.15) is 41.7 Å². The second-order valence-electron chi connectivity index (χ2n) is 7.85. The van der Waals surface area contributed by atoms with Crippen LogP contribution in [-0.4, -0.2) is 92.3 Å². The van der Waals surface area contributed by atoms with Crippen molar-refractivity contribution in [3.8, 4) is 0 Å². The van der Waals surface area contributed by atoms with Crippen LogP contribution >= 0.6 is 0 Å². The van der Waals surface area contributed by atoms with Crippen LogP contribution in [0.25, 0.3) is 0 Å². The average Bonchev–Trinajstić information content (AvgIpc) is 2.74. The number of rotatable bonds is 7. The molecule has 2 aliphatic rings. The van der Waals surface area contributed by atoms with E-state index in [1.807, 2.05) is 24.0 Å². The summed E-state index contributed by atoms with van der Waals surface area (Å²) >= 11 is 0. The molecule has 8 nitrogen and oxygen atoms in total. The Morgan fingerprint density at radius 3 is 2.59 bits per heavy atom. The Bertz CT molecular complexity index is 668. The van der Waals surface area contributed by atoms with Crippen molar-refractivity contribution in [2.24, 2.45) is 0 Å². The Balaban J connectivity index is 1.45. The molecule has 0 aromatic carbocycles. The molecule has 2 amide bonds. The summed E-state index contributed by atoms with van der Waals surface area (Å²) in [5.74, 6) is 0.433. The highest BCUT2D eigenvalue weighted by Gasteiger charge is 2.24. The smallest absolute Gasteiger partial charge is 0.255 e. The van der Waals surface area contributed by atoms with E-state index < -0.39 is 0 Å². The predicted octanol–water partition coefficient (Wildman–Crippen LogP) is 0.885. The van der Waals surface area contributed by atoms with E-state index in [0.29, 0.717) is 50.9 Å². The lowest BCUT2D eigenvalue weighted by molar-refractivity contribution is -0.123. The number of carbonyl (C=O) groups excluding carboxylic acids is 2. The van der Waals surface area contributed by atoms with Crippen LogP contribution in [0.5, 0.6) is 0 Å². The number of methoxy groups -OCH3 is 1. The van der Waals surface area contributed by atoms with Gasteiger partial charge in [0.15, 0.2) is 0 Å². The maximum atomic E-state index is 12.5. The van der Waals surface area contributed by atoms with Crippen molar-refractivity contribution >= 4 is 11.8 Å². The first kappa shape index (κ1) is 21.7. The monoisotopic (exact) mass is 404 g/mol. The number of aromatic nitrogens is 1. The third-order valence-corrected chi connectivity index (χ3v) is 5.53. The van der Waals surface area contributed by atoms with Gasteiger partial charge in [0.05, 0.1) is 31.9 Å². The van der Waals surface area contributed by atoms with E-state index in [1.54, 1.807) is 13.3 Å². The molecule has 0 aliphatic carbocycles. The van der Waals surface area contributed by atoms with Gasteiger partial charge in [0.2, 0.25) is 5.91 Å². The Hall–Kier alpha value is -2.03. The molecule has 29 heavy (non-hydrogen) atoms. The molecule has 0 radical (unpaired) electrons. The maximum absolute atomic E-state index is 12.5. The number of pyridine rings is 1. The van der Waals surface area contributed by atoms with Gasteiger partial charge in [-0.1, -0.05) is 0 Å². The van der Waals surface area contributed by atoms with Gasteiger partial charge in [-0.05, 0) is 45.0 Å². The lowest BCUT2D eigenvalue weighted by atomic mass is 9.92. The Labute approximate surface area is 172 Å². The van der Waals surface area contributed by atoms with Crippen molar-refractivity contribution in [1.82, 2.24) is 20.1 Å². The first-order valence-corrected chi connectivity index (χ1v) is 10.4. The number of hydrogen-bond donors (Lipinski definition) is 1. The summed E-state index contributed by atoms with van der Waals surface area (Å²) in [7, 11) is 1.63. The number of nitrogens with zero attached hydrogens (tertiary/aromatic N) is 3. The van der Waals surface area contributed by atoms with Crippen LogP contribution < -0.4 is 5.32 Å². The lowest BCUT2D eigenvalue weighted by Gasteiger charge is -2.31. The molecule has 2 saturated heterocycles. The summed E-state index contributed by atoms with van der Waals surface area (Å²) in [5.41, 5.74) is 1.66. The van der Waals surface area contributed by atoms with Gasteiger partial charge in [-0.2, -0.15) is 0 Å². The normalized spacial score (nSPS) is 19.7. The molecule has 2 fully saturated rings. The average molecular weight is 405 g/mol. The van der Waals surface area contributed by atoms with Crippen LogP contribution in [0.4, 0.5) is 0 Å². The molecule has 8 heteroatoms. The van der Waals surface area contributed by atoms with Crippen LogP contribution in [0, 0.1) is 0 Å². The molecule has 2 aliphatic heterocycles. The first-order valence-electron chi connectivity index (χ1n) is 10.4. The van der Waals surface area contributed by atoms with Crippen molar-refractivity contribution in [3.05, 3.63) is 29.6 Å². The van der Waals surface area contributed by atoms with E-state index in [1.165, 1.54) is 0 Å². The number of hydrogen-bond acceptors (Lipinski definition) is 6. The molecule has 1 aromatic heterocycles. The Morgan fingerprint density at radius 1 is 1.24 bits per heavy atom. The molecule has 0 bridgehead atoms. The van der Waals surface area contributed by atoms with Crippen LogP contribution in [0.15, 0.2) is 18.3 Å². The van der Waals surface area contributed by atoms with Crippen molar-refractivity contribution < 1.29 is 19.1 Å². The molecule has 1 N–H and O–H groups in total. The van der Waals surface area contributed by atoms with Gasteiger partial charge in [0.25, 0.3) is 5.91 Å². The number of likely N-dealkylation sites (tertiary alicyclic amines) is 1. The van der Waals surface area contributed by atoms with Crippen molar-refractivity contribution in [3.63, 3.8) is 0 Å². The number of ether oxygens (including phenoxy) is 2. The van der Waals surface area contributed by atoms with Crippen molar-refractivity contribution in [2.75, 3.05) is 59.7 Å². The minimum atomic E-state index is 0.0212. The third-order valence-electron chi connectivity index (χ3n) is 5.53. The van der Waals surface area contributed by atoms with Gasteiger partial charge >= 0.3 is 0 Å². The Morgan fingerprint density at radius 2 is 1.97 bits per heavy atom. The minimum absolute atomic E-state index is 0.0212. The Kier molecular flexibility index (Phi) is 7.97. The van der Waals surface area contributed by atoms with Gasteiger partial charge in [0.1, 0.15) is 0 Å². The highest BCUT2D eigenvalue weighted by Crippen LogP contribution is 2.26. The molecule has 160 valence electrons. The zero-order valence-electron chi connectivity index (χ0n) is 17.4. The summed E-state index contributed by atoms with van der Waals surface area (Å²) < 4.78 is 10.4. The van der Waals surface area contributed by atoms with Gasteiger partial charge < -0.3 is 19.7 Å². The molecule has 0 spiro atoms. The molecular formula is C21H32N4O4. The largest absolute Gasteiger partial charge is 0.383 e. The summed E-state index contributed by atoms with van der Waals surface area (Å²) in [6.45, 7) is 7.07. The van der Waals surface area contributed by atoms with Gasteiger partial charge in [-0.25, -0.2) is 0 Å². The second-order valence-corrected chi connectivity index (χ2v) is 7.85. The fourth-order valence-corrected chi connectivity index (χ4v) is 3.92. The zero-order valence-corrected chi connectivity index (χ0v) is 17.4. The quantitative estimate of drug-likeness (QED) is 0.727. The number of piperidine rings is 1. The van der Waals surface area contributed by atoms with Crippen molar-refractivity contribution in [2.45, 2.75) is 31.7 Å². The molecule has 0 saturated carbocycles. The van der Waals surface area contributed by atoms with E-state index in [2.05, 4.69) is 15.2 Å². The van der Waals surface area contributed by atoms with Gasteiger partial charge in [-0.3, -0.25) is 19.5 Å². The maximum Gasteiger partial charge on any atom is 0.255 e. The van der Waals surface area contributed by atoms with Crippen LogP contribution in [-0.2, 0) is 14.3 Å². The number of nitrogens with one attached hydrogen (secondary N) is 1. The summed E-state index contributed by atoms with van der Waals surface area (Å²) in [6, 6.07) is 3.89. The van der Waals surface area contributed by atoms with E-state index in [0.717, 1.165) is 31.6 Å². The van der Waals surface area contributed by atoms with Gasteiger partial charge in [-0.15, -0.1) is 0 Å². The summed E-state index contributed by atoms with van der Waals surface area (Å²) in [6.07, 6.45) is 3.62. The summed E-state index contributed by atoms with van der Waals surface area (Å²) in [5, 5.41) is 2.95. The molecule has 0 unspecified atom stereocenters. The molecule has 1 aromatic rings. The van der Waals surface area contributed by atoms with Crippen molar-refractivity contribution in [1.29, 1.82) is 0 Å². The second kappa shape index (κ2) is 10.7. The number of carbonyl (C=O) groups is 2. The topological polar surface area (TPSA) is 84.0 Å². The zero-order chi connectivity index (χ0) is 20.6. The molecule has 3 rings (SSSR count). The van der Waals surface area contributed by atoms with E-state index in [4.69, 9.17) is 9.47 Å². The SMILES string of the molecule is COC[C@@H](C)NC(=O)CN1CCC(c2ccc(C(=O)N3CCOCC3)cn2)CC1. The van der Waals surface area contributed by atoms with E-state index >= 15 is 0 Å². The minimum Gasteiger partial charge on any atom is -0.383 e. The number of morpholine rings is 1. The molecule has 3 heterocycles. The number of amides is 2. The molecular weight excluding hydrogens is 372 g/mol. The van der Waals surface area contributed by atoms with E-state index in [9.17, 15) is 9.59 Å². The lowest BCUT2D eigenvalue weighted by Crippen LogP contribution is -2.44. The summed E-state index contributed by atoms with van der Waals surface area (Å²) in [4.78, 5) is 33.2. The predicted molar refractivity (Wildman–Crippen MR) is 109 cm³/mol. The van der Waals surface area contributed by atoms with Gasteiger partial charge in [0, 0.05) is 44.0 Å². The molecule has 1 atom stereocenters. The third kappa shape index (κ3) is 6.22. The fraction of sp³-hybridized carbons (Fsp3) is 0.667. The fourth-order valence-electron chi connectivity index (χ4n) is 3.92. The van der Waals surface area contributed by atoms with Crippen LogP contribution in [0.2, 0.25) is 0 Å². The highest BCUT2D eigenvalue weighted by molar-refractivity contribution is 5.94. The van der Waals surface area contributed by atoms with Crippen LogP contribution in [0.3, 0.4) is 0 Å². The van der Waals surface area contributed by atoms with E-state index in [-0.39, 0.29) is 17.9 Å².